The first kappa shape index (κ1) is 12.2. The Morgan fingerprint density at radius 2 is 1.69 bits per heavy atom. The summed E-state index contributed by atoms with van der Waals surface area (Å²) in [7, 11) is 0. The van der Waals surface area contributed by atoms with E-state index in [-0.39, 0.29) is 10.3 Å². The summed E-state index contributed by atoms with van der Waals surface area (Å²) >= 11 is 2.49. The molecule has 0 rings (SSSR count). The summed E-state index contributed by atoms with van der Waals surface area (Å²) in [5, 5.41) is 14.0. The number of nitrogens with two attached hydrogens (primary N) is 2. The SMILES string of the molecule is N=C(N)SCC#CCCSC(=N)N. The number of hydrogen-bond acceptors (Lipinski definition) is 4. The van der Waals surface area contributed by atoms with Gasteiger partial charge in [0.2, 0.25) is 0 Å². The molecule has 4 nitrogen and oxygen atoms in total. The Balaban J connectivity index is 3.30. The summed E-state index contributed by atoms with van der Waals surface area (Å²) in [5.74, 6) is 7.06. The molecule has 0 aliphatic carbocycles. The van der Waals surface area contributed by atoms with E-state index in [1.165, 1.54) is 23.5 Å². The van der Waals surface area contributed by atoms with E-state index in [2.05, 4.69) is 11.8 Å². The average Bonchev–Trinajstić information content (AvgIpc) is 2.01. The van der Waals surface area contributed by atoms with E-state index in [0.29, 0.717) is 12.2 Å². The van der Waals surface area contributed by atoms with Gasteiger partial charge in [-0.1, -0.05) is 29.4 Å². The number of thioether (sulfide) groups is 2. The van der Waals surface area contributed by atoms with E-state index in [1.54, 1.807) is 0 Å². The Kier molecular flexibility index (Phi) is 7.35. The minimum Gasteiger partial charge on any atom is -0.379 e. The molecule has 0 saturated carbocycles. The van der Waals surface area contributed by atoms with Gasteiger partial charge in [-0.2, -0.15) is 0 Å². The highest BCUT2D eigenvalue weighted by Crippen LogP contribution is 1.99. The van der Waals surface area contributed by atoms with Crippen molar-refractivity contribution in [2.45, 2.75) is 6.42 Å². The van der Waals surface area contributed by atoms with Crippen molar-refractivity contribution in [2.24, 2.45) is 11.5 Å². The summed E-state index contributed by atoms with van der Waals surface area (Å²) < 4.78 is 0. The van der Waals surface area contributed by atoms with Crippen LogP contribution in [-0.4, -0.2) is 21.8 Å². The van der Waals surface area contributed by atoms with Gasteiger partial charge in [-0.25, -0.2) is 0 Å². The van der Waals surface area contributed by atoms with Crippen molar-refractivity contribution in [1.29, 1.82) is 10.8 Å². The van der Waals surface area contributed by atoms with Crippen molar-refractivity contribution in [2.75, 3.05) is 11.5 Å². The number of amidine groups is 2. The first-order valence-corrected chi connectivity index (χ1v) is 5.49. The van der Waals surface area contributed by atoms with Gasteiger partial charge in [-0.05, 0) is 0 Å². The molecule has 13 heavy (non-hydrogen) atoms. The molecule has 0 heterocycles. The normalized spacial score (nSPS) is 8.62. The highest BCUT2D eigenvalue weighted by molar-refractivity contribution is 8.14. The molecule has 0 radical (unpaired) electrons. The minimum atomic E-state index is 0.0902. The molecule has 6 heteroatoms. The van der Waals surface area contributed by atoms with Crippen LogP contribution < -0.4 is 11.5 Å². The first-order chi connectivity index (χ1) is 6.13. The van der Waals surface area contributed by atoms with Crippen LogP contribution in [0.3, 0.4) is 0 Å². The molecule has 0 saturated heterocycles. The van der Waals surface area contributed by atoms with Crippen molar-refractivity contribution in [1.82, 2.24) is 0 Å². The standard InChI is InChI=1S/C7H12N4S2/c8-6(9)12-4-2-1-3-5-13-7(10)11/h2,4-5H2,(H3,8,9)(H3,10,11). The molecule has 0 aliphatic heterocycles. The third kappa shape index (κ3) is 11.2. The molecular weight excluding hydrogens is 204 g/mol. The van der Waals surface area contributed by atoms with Crippen LogP contribution in [0.25, 0.3) is 0 Å². The summed E-state index contributed by atoms with van der Waals surface area (Å²) in [5.41, 5.74) is 10.2. The van der Waals surface area contributed by atoms with E-state index in [4.69, 9.17) is 22.3 Å². The van der Waals surface area contributed by atoms with Gasteiger partial charge >= 0.3 is 0 Å². The van der Waals surface area contributed by atoms with Crippen LogP contribution in [-0.2, 0) is 0 Å². The molecule has 0 fully saturated rings. The van der Waals surface area contributed by atoms with Gasteiger partial charge in [0, 0.05) is 12.2 Å². The maximum absolute atomic E-state index is 6.91. The molecule has 0 unspecified atom stereocenters. The Hall–Kier alpha value is -0.800. The van der Waals surface area contributed by atoms with Gasteiger partial charge in [0.25, 0.3) is 0 Å². The number of rotatable bonds is 3. The lowest BCUT2D eigenvalue weighted by molar-refractivity contribution is 1.30. The van der Waals surface area contributed by atoms with Crippen molar-refractivity contribution < 1.29 is 0 Å². The average molecular weight is 216 g/mol. The molecule has 0 bridgehead atoms. The van der Waals surface area contributed by atoms with E-state index >= 15 is 0 Å². The summed E-state index contributed by atoms with van der Waals surface area (Å²) in [6.45, 7) is 0. The molecule has 0 aromatic carbocycles. The lowest BCUT2D eigenvalue weighted by atomic mass is 10.5. The van der Waals surface area contributed by atoms with Crippen molar-refractivity contribution in [3.05, 3.63) is 0 Å². The quantitative estimate of drug-likeness (QED) is 0.241. The maximum atomic E-state index is 6.91. The van der Waals surface area contributed by atoms with Crippen molar-refractivity contribution in [3.63, 3.8) is 0 Å². The summed E-state index contributed by atoms with van der Waals surface area (Å²) in [4.78, 5) is 0. The Morgan fingerprint density at radius 3 is 2.23 bits per heavy atom. The topological polar surface area (TPSA) is 99.7 Å². The Labute approximate surface area is 86.2 Å². The second kappa shape index (κ2) is 7.83. The van der Waals surface area contributed by atoms with Crippen LogP contribution in [0, 0.1) is 22.7 Å². The molecule has 6 N–H and O–H groups in total. The zero-order valence-electron chi connectivity index (χ0n) is 7.09. The monoisotopic (exact) mass is 216 g/mol. The summed E-state index contributed by atoms with van der Waals surface area (Å²) in [6.07, 6.45) is 0.711. The second-order valence-electron chi connectivity index (χ2n) is 1.97. The van der Waals surface area contributed by atoms with Crippen LogP contribution in [0.4, 0.5) is 0 Å². The highest BCUT2D eigenvalue weighted by Gasteiger charge is 1.88. The van der Waals surface area contributed by atoms with E-state index < -0.39 is 0 Å². The zero-order valence-corrected chi connectivity index (χ0v) is 8.73. The molecule has 0 atom stereocenters. The molecule has 0 spiro atoms. The van der Waals surface area contributed by atoms with Crippen LogP contribution in [0.5, 0.6) is 0 Å². The van der Waals surface area contributed by atoms with Crippen LogP contribution in [0.2, 0.25) is 0 Å². The fourth-order valence-electron chi connectivity index (χ4n) is 0.465. The second-order valence-corrected chi connectivity index (χ2v) is 4.12. The first-order valence-electron chi connectivity index (χ1n) is 3.52. The lowest BCUT2D eigenvalue weighted by Crippen LogP contribution is -2.04. The fraction of sp³-hybridized carbons (Fsp3) is 0.429. The third-order valence-corrected chi connectivity index (χ3v) is 2.23. The van der Waals surface area contributed by atoms with Crippen LogP contribution in [0.15, 0.2) is 0 Å². The van der Waals surface area contributed by atoms with Gasteiger partial charge in [-0.3, -0.25) is 10.8 Å². The Morgan fingerprint density at radius 1 is 1.08 bits per heavy atom. The zero-order chi connectivity index (χ0) is 10.1. The maximum Gasteiger partial charge on any atom is 0.151 e. The van der Waals surface area contributed by atoms with Crippen molar-refractivity contribution in [3.8, 4) is 11.8 Å². The predicted molar refractivity (Wildman–Crippen MR) is 61.1 cm³/mol. The molecule has 0 aromatic rings. The fourth-order valence-corrected chi connectivity index (χ4v) is 1.22. The summed E-state index contributed by atoms with van der Waals surface area (Å²) in [6, 6.07) is 0. The highest BCUT2D eigenvalue weighted by atomic mass is 32.2. The number of nitrogens with one attached hydrogen (secondary N) is 2. The van der Waals surface area contributed by atoms with E-state index in [1.807, 2.05) is 0 Å². The third-order valence-electron chi connectivity index (χ3n) is 0.909. The van der Waals surface area contributed by atoms with E-state index in [9.17, 15) is 0 Å². The predicted octanol–water partition coefficient (Wildman–Crippen LogP) is 0.633. The molecule has 0 aromatic heterocycles. The van der Waals surface area contributed by atoms with Gasteiger partial charge in [0.15, 0.2) is 10.3 Å². The molecule has 0 aliphatic rings. The van der Waals surface area contributed by atoms with Crippen LogP contribution in [0.1, 0.15) is 6.42 Å². The number of hydrogen-bond donors (Lipinski definition) is 4. The van der Waals surface area contributed by atoms with Gasteiger partial charge in [-0.15, -0.1) is 5.92 Å². The largest absolute Gasteiger partial charge is 0.379 e. The van der Waals surface area contributed by atoms with E-state index in [0.717, 1.165) is 5.75 Å². The van der Waals surface area contributed by atoms with Gasteiger partial charge < -0.3 is 11.5 Å². The van der Waals surface area contributed by atoms with Crippen LogP contribution >= 0.6 is 23.5 Å². The minimum absolute atomic E-state index is 0.0902. The van der Waals surface area contributed by atoms with Crippen molar-refractivity contribution >= 4 is 33.9 Å². The smallest absolute Gasteiger partial charge is 0.151 e. The van der Waals surface area contributed by atoms with Gasteiger partial charge in [0.05, 0.1) is 5.75 Å². The molecule has 0 amide bonds. The lowest BCUT2D eigenvalue weighted by Gasteiger charge is -1.91. The molecule has 72 valence electrons. The molecular formula is C7H12N4S2. The Bertz CT molecular complexity index is 241. The van der Waals surface area contributed by atoms with Gasteiger partial charge in [0.1, 0.15) is 0 Å².